The molecule has 0 radical (unpaired) electrons. The summed E-state index contributed by atoms with van der Waals surface area (Å²) in [5.41, 5.74) is 3.39. The zero-order valence-corrected chi connectivity index (χ0v) is 24.7. The number of carbonyl (C=O) groups excluding carboxylic acids is 1. The second-order valence-corrected chi connectivity index (χ2v) is 13.8. The van der Waals surface area contributed by atoms with Gasteiger partial charge in [-0.1, -0.05) is 110 Å². The molecule has 4 nitrogen and oxygen atoms in total. The molecule has 0 spiro atoms. The molecule has 1 unspecified atom stereocenters. The third-order valence-corrected chi connectivity index (χ3v) is 7.63. The van der Waals surface area contributed by atoms with Crippen molar-refractivity contribution in [2.24, 2.45) is 10.8 Å². The molecule has 2 N–H and O–H groups in total. The Balaban J connectivity index is 1.95. The fourth-order valence-electron chi connectivity index (χ4n) is 4.94. The van der Waals surface area contributed by atoms with Gasteiger partial charge >= 0.3 is 5.97 Å². The van der Waals surface area contributed by atoms with E-state index in [-0.39, 0.29) is 28.6 Å². The summed E-state index contributed by atoms with van der Waals surface area (Å²) in [6.07, 6.45) is 5.87. The number of hydrogen-bond acceptors (Lipinski definition) is 4. The second-order valence-electron chi connectivity index (χ2n) is 13.8. The Hall–Kier alpha value is -2.85. The third kappa shape index (κ3) is 6.96. The summed E-state index contributed by atoms with van der Waals surface area (Å²) in [7, 11) is 0. The van der Waals surface area contributed by atoms with Gasteiger partial charge in [0.25, 0.3) is 0 Å². The molecule has 1 atom stereocenters. The number of esters is 1. The predicted molar refractivity (Wildman–Crippen MR) is 156 cm³/mol. The first-order valence-corrected chi connectivity index (χ1v) is 13.7. The van der Waals surface area contributed by atoms with Crippen molar-refractivity contribution in [1.29, 1.82) is 0 Å². The first-order valence-electron chi connectivity index (χ1n) is 13.7. The fraction of sp³-hybridized carbons (Fsp3) is 0.500. The maximum Gasteiger partial charge on any atom is 0.311 e. The molecule has 0 saturated heterocycles. The molecule has 0 fully saturated rings. The summed E-state index contributed by atoms with van der Waals surface area (Å²) in [5, 5.41) is 22.9. The van der Waals surface area contributed by atoms with Crippen LogP contribution >= 0.6 is 0 Å². The molecule has 0 saturated carbocycles. The summed E-state index contributed by atoms with van der Waals surface area (Å²) in [6, 6.07) is 13.1. The molecule has 2 aromatic rings. The summed E-state index contributed by atoms with van der Waals surface area (Å²) >= 11 is 0. The first kappa shape index (κ1) is 29.7. The number of allylic oxidation sites excluding steroid dienone is 2. The van der Waals surface area contributed by atoms with Crippen molar-refractivity contribution < 1.29 is 19.7 Å². The van der Waals surface area contributed by atoms with Crippen LogP contribution in [0.5, 0.6) is 11.5 Å². The van der Waals surface area contributed by atoms with Crippen molar-refractivity contribution in [1.82, 2.24) is 0 Å². The van der Waals surface area contributed by atoms with E-state index in [1.165, 1.54) is 5.57 Å². The van der Waals surface area contributed by atoms with Gasteiger partial charge in [0.15, 0.2) is 0 Å². The van der Waals surface area contributed by atoms with Gasteiger partial charge in [0.1, 0.15) is 11.5 Å². The minimum Gasteiger partial charge on any atom is -0.507 e. The molecule has 4 heteroatoms. The molecular formula is C34H46O4. The normalized spacial score (nSPS) is 18.6. The van der Waals surface area contributed by atoms with Crippen molar-refractivity contribution in [3.05, 3.63) is 82.5 Å². The number of carbonyl (C=O) groups is 1. The summed E-state index contributed by atoms with van der Waals surface area (Å²) in [6.45, 7) is 19.0. The standard InChI is InChI=1S/C34H46O4/c1-31(2,3)27-20-23(15-16-29(35)38-26-13-11-10-12-14-26)19-25(30(27)36)21-24-17-18-34(37,33(7,8)9)22-28(24)32(4,5)6/h10-14,17-20,36-37H,15-16,21-22H2,1-9H3. The van der Waals surface area contributed by atoms with E-state index in [1.54, 1.807) is 12.1 Å². The van der Waals surface area contributed by atoms with Crippen LogP contribution in [0.15, 0.2) is 65.8 Å². The molecule has 1 aliphatic carbocycles. The molecular weight excluding hydrogens is 472 g/mol. The van der Waals surface area contributed by atoms with E-state index in [0.717, 1.165) is 22.3 Å². The molecule has 3 rings (SSSR count). The minimum absolute atomic E-state index is 0.138. The molecule has 0 heterocycles. The zero-order valence-electron chi connectivity index (χ0n) is 24.7. The Morgan fingerprint density at radius 3 is 2.13 bits per heavy atom. The van der Waals surface area contributed by atoms with Crippen LogP contribution in [-0.2, 0) is 23.1 Å². The number of aryl methyl sites for hydroxylation is 1. The number of phenolic OH excluding ortho intramolecular Hbond substituents is 1. The van der Waals surface area contributed by atoms with Crippen LogP contribution < -0.4 is 4.74 Å². The lowest BCUT2D eigenvalue weighted by molar-refractivity contribution is -0.134. The summed E-state index contributed by atoms with van der Waals surface area (Å²) < 4.78 is 5.48. The molecule has 206 valence electrons. The average molecular weight is 519 g/mol. The van der Waals surface area contributed by atoms with E-state index in [9.17, 15) is 15.0 Å². The highest BCUT2D eigenvalue weighted by atomic mass is 16.5. The predicted octanol–water partition coefficient (Wildman–Crippen LogP) is 7.85. The fourth-order valence-corrected chi connectivity index (χ4v) is 4.94. The van der Waals surface area contributed by atoms with Crippen LogP contribution in [0.1, 0.15) is 91.8 Å². The van der Waals surface area contributed by atoms with Gasteiger partial charge in [-0.15, -0.1) is 0 Å². The average Bonchev–Trinajstić information content (AvgIpc) is 2.79. The molecule has 0 bridgehead atoms. The van der Waals surface area contributed by atoms with Crippen LogP contribution in [0.4, 0.5) is 0 Å². The molecule has 2 aromatic carbocycles. The van der Waals surface area contributed by atoms with E-state index in [1.807, 2.05) is 36.4 Å². The largest absolute Gasteiger partial charge is 0.507 e. The number of benzene rings is 2. The van der Waals surface area contributed by atoms with Crippen LogP contribution in [0.25, 0.3) is 0 Å². The van der Waals surface area contributed by atoms with Gasteiger partial charge in [0, 0.05) is 19.3 Å². The first-order chi connectivity index (χ1) is 17.4. The number of para-hydroxylation sites is 1. The van der Waals surface area contributed by atoms with Gasteiger partial charge in [0.05, 0.1) is 5.60 Å². The van der Waals surface area contributed by atoms with Crippen molar-refractivity contribution >= 4 is 5.97 Å². The number of rotatable bonds is 6. The van der Waals surface area contributed by atoms with Gasteiger partial charge < -0.3 is 14.9 Å². The Kier molecular flexibility index (Phi) is 8.38. The Labute approximate surface area is 229 Å². The quantitative estimate of drug-likeness (QED) is 0.302. The lowest BCUT2D eigenvalue weighted by Gasteiger charge is -2.44. The van der Waals surface area contributed by atoms with Crippen LogP contribution in [0, 0.1) is 10.8 Å². The SMILES string of the molecule is CC(C)(C)C1=C(Cc2cc(CCC(=O)Oc3ccccc3)cc(C(C)(C)C)c2O)C=CC(O)(C(C)(C)C)C1. The van der Waals surface area contributed by atoms with E-state index in [2.05, 4.69) is 68.4 Å². The van der Waals surface area contributed by atoms with Crippen molar-refractivity contribution in [3.63, 3.8) is 0 Å². The monoisotopic (exact) mass is 518 g/mol. The minimum atomic E-state index is -0.932. The lowest BCUT2D eigenvalue weighted by atomic mass is 9.65. The molecule has 0 aromatic heterocycles. The van der Waals surface area contributed by atoms with Crippen LogP contribution in [0.3, 0.4) is 0 Å². The number of aliphatic hydroxyl groups is 1. The number of ether oxygens (including phenoxy) is 1. The van der Waals surface area contributed by atoms with Gasteiger partial charge in [-0.3, -0.25) is 4.79 Å². The maximum atomic E-state index is 12.5. The Bertz CT molecular complexity index is 1210. The summed E-state index contributed by atoms with van der Waals surface area (Å²) in [5.74, 6) is 0.566. The smallest absolute Gasteiger partial charge is 0.311 e. The molecule has 0 aliphatic heterocycles. The van der Waals surface area contributed by atoms with E-state index < -0.39 is 5.60 Å². The highest BCUT2D eigenvalue weighted by Crippen LogP contribution is 2.46. The summed E-state index contributed by atoms with van der Waals surface area (Å²) in [4.78, 5) is 12.5. The van der Waals surface area contributed by atoms with Gasteiger partial charge in [-0.05, 0) is 57.1 Å². The van der Waals surface area contributed by atoms with E-state index in [0.29, 0.717) is 30.8 Å². The number of phenols is 1. The van der Waals surface area contributed by atoms with Gasteiger partial charge in [-0.2, -0.15) is 0 Å². The maximum absolute atomic E-state index is 12.5. The molecule has 0 amide bonds. The third-order valence-electron chi connectivity index (χ3n) is 7.63. The number of aromatic hydroxyl groups is 1. The Morgan fingerprint density at radius 2 is 1.58 bits per heavy atom. The van der Waals surface area contributed by atoms with Crippen LogP contribution in [-0.4, -0.2) is 21.8 Å². The van der Waals surface area contributed by atoms with Crippen LogP contribution in [0.2, 0.25) is 0 Å². The van der Waals surface area contributed by atoms with Crippen molar-refractivity contribution in [2.75, 3.05) is 0 Å². The molecule has 38 heavy (non-hydrogen) atoms. The number of hydrogen-bond donors (Lipinski definition) is 2. The second kappa shape index (κ2) is 10.7. The van der Waals surface area contributed by atoms with E-state index >= 15 is 0 Å². The molecule has 1 aliphatic rings. The van der Waals surface area contributed by atoms with Gasteiger partial charge in [0.2, 0.25) is 0 Å². The lowest BCUT2D eigenvalue weighted by Crippen LogP contribution is -2.44. The zero-order chi connectivity index (χ0) is 28.5. The highest BCUT2D eigenvalue weighted by Gasteiger charge is 2.42. The Morgan fingerprint density at radius 1 is 0.947 bits per heavy atom. The topological polar surface area (TPSA) is 66.8 Å². The van der Waals surface area contributed by atoms with Crippen molar-refractivity contribution in [3.8, 4) is 11.5 Å². The van der Waals surface area contributed by atoms with Gasteiger partial charge in [-0.25, -0.2) is 0 Å². The van der Waals surface area contributed by atoms with E-state index in [4.69, 9.17) is 4.74 Å². The highest BCUT2D eigenvalue weighted by molar-refractivity contribution is 5.72. The van der Waals surface area contributed by atoms with Crippen molar-refractivity contribution in [2.45, 2.75) is 99.0 Å².